The Labute approximate surface area is 121 Å². The highest BCUT2D eigenvalue weighted by Crippen LogP contribution is 2.18. The van der Waals surface area contributed by atoms with Crippen molar-refractivity contribution in [2.75, 3.05) is 0 Å². The van der Waals surface area contributed by atoms with Gasteiger partial charge in [0.2, 0.25) is 0 Å². The zero-order valence-electron chi connectivity index (χ0n) is 10.8. The molecule has 1 amide bonds. The monoisotopic (exact) mass is 294 g/mol. The van der Waals surface area contributed by atoms with Crippen LogP contribution in [0.15, 0.2) is 30.5 Å². The van der Waals surface area contributed by atoms with Crippen LogP contribution in [0.2, 0.25) is 5.02 Å². The lowest BCUT2D eigenvalue weighted by atomic mass is 10.1. The number of nitrogens with zero attached hydrogens (tertiary/aromatic N) is 1. The van der Waals surface area contributed by atoms with Crippen molar-refractivity contribution >= 4 is 28.8 Å². The van der Waals surface area contributed by atoms with Crippen LogP contribution in [0.5, 0.6) is 0 Å². The van der Waals surface area contributed by atoms with Gasteiger partial charge in [-0.1, -0.05) is 30.7 Å². The van der Waals surface area contributed by atoms with Gasteiger partial charge in [0.15, 0.2) is 0 Å². The molecule has 0 spiro atoms. The number of nitrogens with one attached hydrogen (secondary N) is 1. The number of aromatic nitrogens is 1. The lowest BCUT2D eigenvalue weighted by Gasteiger charge is -2.13. The summed E-state index contributed by atoms with van der Waals surface area (Å²) >= 11 is 7.28. The van der Waals surface area contributed by atoms with Crippen LogP contribution in [0.1, 0.15) is 40.1 Å². The fourth-order valence-electron chi connectivity index (χ4n) is 1.68. The Morgan fingerprint density at radius 2 is 2.11 bits per heavy atom. The molecule has 0 saturated heterocycles. The van der Waals surface area contributed by atoms with E-state index in [1.807, 2.05) is 38.1 Å². The first-order valence-electron chi connectivity index (χ1n) is 6.11. The molecule has 2 aromatic rings. The predicted molar refractivity (Wildman–Crippen MR) is 78.8 cm³/mol. The van der Waals surface area contributed by atoms with Gasteiger partial charge in [-0.25, -0.2) is 4.98 Å². The molecule has 1 heterocycles. The minimum Gasteiger partial charge on any atom is -0.345 e. The maximum absolute atomic E-state index is 12.1. The zero-order valence-corrected chi connectivity index (χ0v) is 12.4. The minimum atomic E-state index is -0.0837. The Morgan fingerprint density at radius 3 is 2.68 bits per heavy atom. The number of halogens is 1. The van der Waals surface area contributed by atoms with E-state index in [2.05, 4.69) is 10.3 Å². The molecular weight excluding hydrogens is 280 g/mol. The number of carbonyl (C=O) groups excluding carboxylic acids is 1. The van der Waals surface area contributed by atoms with Gasteiger partial charge in [0.1, 0.15) is 4.88 Å². The van der Waals surface area contributed by atoms with Crippen LogP contribution in [0, 0.1) is 0 Å². The van der Waals surface area contributed by atoms with Gasteiger partial charge in [-0.3, -0.25) is 4.79 Å². The quantitative estimate of drug-likeness (QED) is 0.930. The highest BCUT2D eigenvalue weighted by atomic mass is 35.5. The fourth-order valence-corrected chi connectivity index (χ4v) is 2.57. The van der Waals surface area contributed by atoms with Crippen LogP contribution >= 0.6 is 22.9 Å². The second-order valence-corrected chi connectivity index (χ2v) is 5.77. The van der Waals surface area contributed by atoms with Crippen molar-refractivity contribution < 1.29 is 4.79 Å². The first kappa shape index (κ1) is 14.0. The summed E-state index contributed by atoms with van der Waals surface area (Å²) in [6, 6.07) is 7.41. The van der Waals surface area contributed by atoms with E-state index in [-0.39, 0.29) is 11.9 Å². The lowest BCUT2D eigenvalue weighted by molar-refractivity contribution is 0.0944. The zero-order chi connectivity index (χ0) is 13.8. The molecule has 0 aliphatic carbocycles. The molecule has 19 heavy (non-hydrogen) atoms. The van der Waals surface area contributed by atoms with E-state index in [4.69, 9.17) is 11.6 Å². The first-order chi connectivity index (χ1) is 9.10. The largest absolute Gasteiger partial charge is 0.345 e. The van der Waals surface area contributed by atoms with Gasteiger partial charge in [-0.2, -0.15) is 0 Å². The van der Waals surface area contributed by atoms with Crippen molar-refractivity contribution in [1.82, 2.24) is 10.3 Å². The third-order valence-corrected chi connectivity index (χ3v) is 4.19. The molecular formula is C14H15ClN2OS. The Balaban J connectivity index is 2.04. The van der Waals surface area contributed by atoms with Crippen molar-refractivity contribution in [2.24, 2.45) is 0 Å². The predicted octanol–water partition coefficient (Wildman–Crippen LogP) is 3.85. The minimum absolute atomic E-state index is 0.0584. The third kappa shape index (κ3) is 3.55. The SMILES string of the molecule is CCc1ncc(C(=O)NC(C)c2ccc(Cl)cc2)s1. The normalized spacial score (nSPS) is 12.2. The number of hydrogen-bond acceptors (Lipinski definition) is 3. The van der Waals surface area contributed by atoms with E-state index in [0.717, 1.165) is 17.0 Å². The fraction of sp³-hybridized carbons (Fsp3) is 0.286. The Hall–Kier alpha value is -1.39. The van der Waals surface area contributed by atoms with Gasteiger partial charge < -0.3 is 5.32 Å². The number of aryl methyl sites for hydroxylation is 1. The second kappa shape index (κ2) is 6.17. The number of hydrogen-bond donors (Lipinski definition) is 1. The van der Waals surface area contributed by atoms with Gasteiger partial charge in [0, 0.05) is 5.02 Å². The van der Waals surface area contributed by atoms with Crippen molar-refractivity contribution in [3.05, 3.63) is 50.9 Å². The average Bonchev–Trinajstić information content (AvgIpc) is 2.88. The van der Waals surface area contributed by atoms with E-state index in [9.17, 15) is 4.79 Å². The van der Waals surface area contributed by atoms with Crippen molar-refractivity contribution in [1.29, 1.82) is 0 Å². The van der Waals surface area contributed by atoms with E-state index >= 15 is 0 Å². The standard InChI is InChI=1S/C14H15ClN2OS/c1-3-13-16-8-12(19-13)14(18)17-9(2)10-4-6-11(15)7-5-10/h4-9H,3H2,1-2H3,(H,17,18). The molecule has 1 N–H and O–H groups in total. The summed E-state index contributed by atoms with van der Waals surface area (Å²) in [5.74, 6) is -0.0837. The second-order valence-electron chi connectivity index (χ2n) is 4.22. The van der Waals surface area contributed by atoms with Crippen LogP contribution in [-0.4, -0.2) is 10.9 Å². The molecule has 0 radical (unpaired) electrons. The van der Waals surface area contributed by atoms with Crippen LogP contribution in [0.3, 0.4) is 0 Å². The topological polar surface area (TPSA) is 42.0 Å². The summed E-state index contributed by atoms with van der Waals surface area (Å²) in [5.41, 5.74) is 1.03. The first-order valence-corrected chi connectivity index (χ1v) is 7.30. The summed E-state index contributed by atoms with van der Waals surface area (Å²) in [7, 11) is 0. The number of thiazole rings is 1. The van der Waals surface area contributed by atoms with E-state index in [1.54, 1.807) is 6.20 Å². The molecule has 100 valence electrons. The molecule has 1 aromatic heterocycles. The summed E-state index contributed by atoms with van der Waals surface area (Å²) in [5, 5.41) is 4.63. The molecule has 1 atom stereocenters. The lowest BCUT2D eigenvalue weighted by Crippen LogP contribution is -2.25. The molecule has 3 nitrogen and oxygen atoms in total. The van der Waals surface area contributed by atoms with Crippen molar-refractivity contribution in [2.45, 2.75) is 26.3 Å². The Bertz CT molecular complexity index is 565. The molecule has 0 aliphatic heterocycles. The van der Waals surface area contributed by atoms with Crippen LogP contribution in [0.25, 0.3) is 0 Å². The maximum Gasteiger partial charge on any atom is 0.263 e. The smallest absolute Gasteiger partial charge is 0.263 e. The summed E-state index contributed by atoms with van der Waals surface area (Å²) in [6.45, 7) is 3.97. The van der Waals surface area contributed by atoms with Crippen molar-refractivity contribution in [3.63, 3.8) is 0 Å². The molecule has 2 rings (SSSR count). The van der Waals surface area contributed by atoms with Gasteiger partial charge in [-0.05, 0) is 31.0 Å². The van der Waals surface area contributed by atoms with Gasteiger partial charge in [0.05, 0.1) is 17.2 Å². The molecule has 0 aliphatic rings. The molecule has 0 bridgehead atoms. The number of amides is 1. The van der Waals surface area contributed by atoms with Gasteiger partial charge in [-0.15, -0.1) is 11.3 Å². The molecule has 1 unspecified atom stereocenters. The summed E-state index contributed by atoms with van der Waals surface area (Å²) < 4.78 is 0. The van der Waals surface area contributed by atoms with E-state index in [0.29, 0.717) is 9.90 Å². The number of rotatable bonds is 4. The van der Waals surface area contributed by atoms with Gasteiger partial charge in [0.25, 0.3) is 5.91 Å². The average molecular weight is 295 g/mol. The molecule has 5 heteroatoms. The Kier molecular flexibility index (Phi) is 4.56. The third-order valence-electron chi connectivity index (χ3n) is 2.80. The van der Waals surface area contributed by atoms with Crippen LogP contribution < -0.4 is 5.32 Å². The summed E-state index contributed by atoms with van der Waals surface area (Å²) in [6.07, 6.45) is 2.48. The van der Waals surface area contributed by atoms with Crippen molar-refractivity contribution in [3.8, 4) is 0 Å². The van der Waals surface area contributed by atoms with E-state index in [1.165, 1.54) is 11.3 Å². The van der Waals surface area contributed by atoms with Crippen LogP contribution in [0.4, 0.5) is 0 Å². The highest BCUT2D eigenvalue weighted by Gasteiger charge is 2.13. The molecule has 1 aromatic carbocycles. The Morgan fingerprint density at radius 1 is 1.42 bits per heavy atom. The molecule has 0 fully saturated rings. The van der Waals surface area contributed by atoms with E-state index < -0.39 is 0 Å². The van der Waals surface area contributed by atoms with Gasteiger partial charge >= 0.3 is 0 Å². The number of benzene rings is 1. The highest BCUT2D eigenvalue weighted by molar-refractivity contribution is 7.13. The molecule has 0 saturated carbocycles. The van der Waals surface area contributed by atoms with Crippen LogP contribution in [-0.2, 0) is 6.42 Å². The summed E-state index contributed by atoms with van der Waals surface area (Å²) in [4.78, 5) is 16.9. The number of carbonyl (C=O) groups is 1. The maximum atomic E-state index is 12.1.